The fraction of sp³-hybridized carbons (Fsp3) is 0.111. The number of aromatic nitrogens is 3. The molecule has 7 nitrogen and oxygen atoms in total. The summed E-state index contributed by atoms with van der Waals surface area (Å²) in [7, 11) is 0. The van der Waals surface area contributed by atoms with Crippen molar-refractivity contribution < 1.29 is 9.59 Å². The van der Waals surface area contributed by atoms with E-state index in [1.165, 1.54) is 0 Å². The van der Waals surface area contributed by atoms with E-state index in [-0.39, 0.29) is 11.8 Å². The Morgan fingerprint density at radius 1 is 1.08 bits per heavy atom. The highest BCUT2D eigenvalue weighted by atomic mass is 16.2. The predicted molar refractivity (Wildman–Crippen MR) is 93.2 cm³/mol. The Labute approximate surface area is 143 Å². The number of pyridine rings is 1. The lowest BCUT2D eigenvalue weighted by Gasteiger charge is -2.17. The summed E-state index contributed by atoms with van der Waals surface area (Å²) in [4.78, 5) is 27.8. The lowest BCUT2D eigenvalue weighted by molar-refractivity contribution is -0.116. The monoisotopic (exact) mass is 333 g/mol. The molecule has 25 heavy (non-hydrogen) atoms. The summed E-state index contributed by atoms with van der Waals surface area (Å²) < 4.78 is 0. The standard InChI is InChI=1S/C18H15N5O2/c24-17-4-2-12-9-13(1-3-14(12)20-17)18(25)21-16-10-15(22-23-16)11-5-7-19-8-6-11/h1,3,5-10H,2,4H2,(H,20,24)(H2,21,22,23,25). The van der Waals surface area contributed by atoms with Gasteiger partial charge in [0.25, 0.3) is 5.91 Å². The molecule has 2 amide bonds. The van der Waals surface area contributed by atoms with Crippen LogP contribution >= 0.6 is 0 Å². The van der Waals surface area contributed by atoms with Crippen molar-refractivity contribution >= 4 is 23.3 Å². The first-order valence-corrected chi connectivity index (χ1v) is 7.89. The molecule has 0 spiro atoms. The topological polar surface area (TPSA) is 99.8 Å². The number of H-pyrrole nitrogens is 1. The predicted octanol–water partition coefficient (Wildman–Crippen LogP) is 2.61. The van der Waals surface area contributed by atoms with Crippen molar-refractivity contribution in [2.24, 2.45) is 0 Å². The Bertz CT molecular complexity index is 949. The lowest BCUT2D eigenvalue weighted by Crippen LogP contribution is -2.20. The van der Waals surface area contributed by atoms with Crippen LogP contribution in [-0.2, 0) is 11.2 Å². The SMILES string of the molecule is O=C1CCc2cc(C(=O)Nc3cc(-c4ccncc4)[nH]n3)ccc2N1. The number of aromatic amines is 1. The molecule has 7 heteroatoms. The summed E-state index contributed by atoms with van der Waals surface area (Å²) in [6, 6.07) is 10.7. The molecule has 3 heterocycles. The smallest absolute Gasteiger partial charge is 0.256 e. The summed E-state index contributed by atoms with van der Waals surface area (Å²) in [5, 5.41) is 12.6. The number of fused-ring (bicyclic) bond motifs is 1. The minimum Gasteiger partial charge on any atom is -0.326 e. The molecule has 3 aromatic rings. The zero-order valence-electron chi connectivity index (χ0n) is 13.2. The van der Waals surface area contributed by atoms with E-state index in [4.69, 9.17) is 0 Å². The van der Waals surface area contributed by atoms with Gasteiger partial charge in [0.05, 0.1) is 5.69 Å². The van der Waals surface area contributed by atoms with Gasteiger partial charge in [-0.3, -0.25) is 19.7 Å². The molecule has 0 unspecified atom stereocenters. The Morgan fingerprint density at radius 3 is 2.76 bits per heavy atom. The summed E-state index contributed by atoms with van der Waals surface area (Å²) in [6.07, 6.45) is 4.46. The zero-order valence-corrected chi connectivity index (χ0v) is 13.2. The first kappa shape index (κ1) is 15.1. The van der Waals surface area contributed by atoms with Crippen molar-refractivity contribution in [3.63, 3.8) is 0 Å². The van der Waals surface area contributed by atoms with Crippen LogP contribution in [0.1, 0.15) is 22.3 Å². The van der Waals surface area contributed by atoms with E-state index in [9.17, 15) is 9.59 Å². The lowest BCUT2D eigenvalue weighted by atomic mass is 10.00. The van der Waals surface area contributed by atoms with Crippen LogP contribution in [0, 0.1) is 0 Å². The second-order valence-corrected chi connectivity index (χ2v) is 5.78. The maximum absolute atomic E-state index is 12.4. The highest BCUT2D eigenvalue weighted by molar-refractivity contribution is 6.05. The van der Waals surface area contributed by atoms with E-state index in [1.54, 1.807) is 36.7 Å². The molecule has 0 bridgehead atoms. The molecule has 1 aliphatic rings. The van der Waals surface area contributed by atoms with Gasteiger partial charge in [-0.25, -0.2) is 0 Å². The highest BCUT2D eigenvalue weighted by Crippen LogP contribution is 2.24. The van der Waals surface area contributed by atoms with Crippen molar-refractivity contribution in [2.45, 2.75) is 12.8 Å². The van der Waals surface area contributed by atoms with Gasteiger partial charge in [0.1, 0.15) is 0 Å². The van der Waals surface area contributed by atoms with Crippen LogP contribution in [0.4, 0.5) is 11.5 Å². The Hall–Kier alpha value is -3.48. The average molecular weight is 333 g/mol. The van der Waals surface area contributed by atoms with Crippen LogP contribution in [0.25, 0.3) is 11.3 Å². The molecule has 1 aromatic carbocycles. The normalized spacial score (nSPS) is 13.0. The third-order valence-corrected chi connectivity index (χ3v) is 4.07. The van der Waals surface area contributed by atoms with Gasteiger partial charge in [0.2, 0.25) is 5.91 Å². The number of nitrogens with one attached hydrogen (secondary N) is 3. The molecule has 0 saturated heterocycles. The maximum atomic E-state index is 12.4. The van der Waals surface area contributed by atoms with Gasteiger partial charge in [0.15, 0.2) is 5.82 Å². The molecule has 0 atom stereocenters. The van der Waals surface area contributed by atoms with Gasteiger partial charge in [-0.15, -0.1) is 0 Å². The van der Waals surface area contributed by atoms with Crippen LogP contribution in [0.2, 0.25) is 0 Å². The number of carbonyl (C=O) groups is 2. The van der Waals surface area contributed by atoms with E-state index in [0.717, 1.165) is 22.5 Å². The Morgan fingerprint density at radius 2 is 1.92 bits per heavy atom. The summed E-state index contributed by atoms with van der Waals surface area (Å²) >= 11 is 0. The number of carbonyl (C=O) groups excluding carboxylic acids is 2. The summed E-state index contributed by atoms with van der Waals surface area (Å²) in [5.74, 6) is 0.208. The minimum atomic E-state index is -0.243. The number of anilines is 2. The van der Waals surface area contributed by atoms with E-state index in [1.807, 2.05) is 12.1 Å². The van der Waals surface area contributed by atoms with Crippen molar-refractivity contribution in [2.75, 3.05) is 10.6 Å². The van der Waals surface area contributed by atoms with E-state index >= 15 is 0 Å². The first-order chi connectivity index (χ1) is 12.2. The second-order valence-electron chi connectivity index (χ2n) is 5.78. The molecule has 3 N–H and O–H groups in total. The Balaban J connectivity index is 1.51. The quantitative estimate of drug-likeness (QED) is 0.686. The molecule has 4 rings (SSSR count). The van der Waals surface area contributed by atoms with Crippen LogP contribution in [-0.4, -0.2) is 27.0 Å². The van der Waals surface area contributed by atoms with Gasteiger partial charge >= 0.3 is 0 Å². The number of nitrogens with zero attached hydrogens (tertiary/aromatic N) is 2. The van der Waals surface area contributed by atoms with Crippen LogP contribution < -0.4 is 10.6 Å². The maximum Gasteiger partial charge on any atom is 0.256 e. The second kappa shape index (κ2) is 6.20. The molecule has 124 valence electrons. The number of rotatable bonds is 3. The first-order valence-electron chi connectivity index (χ1n) is 7.89. The molecule has 0 aliphatic carbocycles. The van der Waals surface area contributed by atoms with Gasteiger partial charge in [-0.2, -0.15) is 5.10 Å². The highest BCUT2D eigenvalue weighted by Gasteiger charge is 2.17. The number of hydrogen-bond acceptors (Lipinski definition) is 4. The fourth-order valence-corrected chi connectivity index (χ4v) is 2.78. The fourth-order valence-electron chi connectivity index (χ4n) is 2.78. The zero-order chi connectivity index (χ0) is 17.2. The van der Waals surface area contributed by atoms with E-state index in [2.05, 4.69) is 25.8 Å². The minimum absolute atomic E-state index is 0.00451. The number of aryl methyl sites for hydroxylation is 1. The summed E-state index contributed by atoms with van der Waals surface area (Å²) in [6.45, 7) is 0. The molecule has 1 aliphatic heterocycles. The molecule has 0 saturated carbocycles. The Kier molecular flexibility index (Phi) is 3.74. The van der Waals surface area contributed by atoms with Crippen LogP contribution in [0.5, 0.6) is 0 Å². The third-order valence-electron chi connectivity index (χ3n) is 4.07. The van der Waals surface area contributed by atoms with Crippen molar-refractivity contribution in [1.29, 1.82) is 0 Å². The van der Waals surface area contributed by atoms with Gasteiger partial charge in [0, 0.05) is 41.7 Å². The van der Waals surface area contributed by atoms with Gasteiger partial charge < -0.3 is 10.6 Å². The van der Waals surface area contributed by atoms with E-state index in [0.29, 0.717) is 24.2 Å². The third kappa shape index (κ3) is 3.12. The van der Waals surface area contributed by atoms with Gasteiger partial charge in [-0.1, -0.05) is 0 Å². The number of benzene rings is 1. The van der Waals surface area contributed by atoms with E-state index < -0.39 is 0 Å². The molecule has 0 fully saturated rings. The van der Waals surface area contributed by atoms with Crippen molar-refractivity contribution in [3.8, 4) is 11.3 Å². The van der Waals surface area contributed by atoms with Crippen LogP contribution in [0.15, 0.2) is 48.8 Å². The molecule has 0 radical (unpaired) electrons. The van der Waals surface area contributed by atoms with Crippen molar-refractivity contribution in [1.82, 2.24) is 15.2 Å². The summed E-state index contributed by atoms with van der Waals surface area (Å²) in [5.41, 5.74) is 4.00. The van der Waals surface area contributed by atoms with Gasteiger partial charge in [-0.05, 0) is 42.3 Å². The van der Waals surface area contributed by atoms with Crippen molar-refractivity contribution in [3.05, 3.63) is 59.9 Å². The number of amides is 2. The van der Waals surface area contributed by atoms with Crippen LogP contribution in [0.3, 0.4) is 0 Å². The number of hydrogen-bond donors (Lipinski definition) is 3. The largest absolute Gasteiger partial charge is 0.326 e. The molecule has 2 aromatic heterocycles. The molecular formula is C18H15N5O2. The average Bonchev–Trinajstić information content (AvgIpc) is 3.10. The molecular weight excluding hydrogens is 318 g/mol.